The molecule has 1 saturated heterocycles. The molecule has 8 nitrogen and oxygen atoms in total. The number of imide groups is 1. The van der Waals surface area contributed by atoms with E-state index in [0.29, 0.717) is 13.1 Å². The van der Waals surface area contributed by atoms with Crippen LogP contribution in [0.2, 0.25) is 0 Å². The quantitative estimate of drug-likeness (QED) is 0.718. The molecule has 0 saturated carbocycles. The third-order valence-corrected chi connectivity index (χ3v) is 7.40. The molecule has 0 radical (unpaired) electrons. The van der Waals surface area contributed by atoms with Gasteiger partial charge in [-0.15, -0.1) is 0 Å². The standard InChI is InChI=1S/C22H23N3O5S/c26-20(15-25-21(27)18-10-3-4-11-19(18)22(25)28)23-16-8-7-9-17(14-16)31(29,30)24-12-5-1-2-6-13-24/h3-4,7-11,14H,1-2,5-6,12-13,15H2,(H,23,26). The fraction of sp³-hybridized carbons (Fsp3) is 0.318. The maximum Gasteiger partial charge on any atom is 0.262 e. The minimum absolute atomic E-state index is 0.105. The van der Waals surface area contributed by atoms with Crippen molar-refractivity contribution in [2.75, 3.05) is 25.0 Å². The molecule has 4 rings (SSSR count). The van der Waals surface area contributed by atoms with Crippen LogP contribution in [0.15, 0.2) is 53.4 Å². The van der Waals surface area contributed by atoms with Crippen molar-refractivity contribution in [2.45, 2.75) is 30.6 Å². The first kappa shape index (κ1) is 21.2. The SMILES string of the molecule is O=C(CN1C(=O)c2ccccc2C1=O)Nc1cccc(S(=O)(=O)N2CCCCCC2)c1. The van der Waals surface area contributed by atoms with Crippen molar-refractivity contribution >= 4 is 33.4 Å². The molecule has 0 spiro atoms. The summed E-state index contributed by atoms with van der Waals surface area (Å²) in [4.78, 5) is 38.3. The molecule has 0 aliphatic carbocycles. The second-order valence-corrected chi connectivity index (χ2v) is 9.57. The number of anilines is 1. The number of fused-ring (bicyclic) bond motifs is 1. The summed E-state index contributed by atoms with van der Waals surface area (Å²) in [6.07, 6.45) is 3.69. The molecular formula is C22H23N3O5S. The summed E-state index contributed by atoms with van der Waals surface area (Å²) >= 11 is 0. The van der Waals surface area contributed by atoms with Crippen LogP contribution in [-0.4, -0.2) is 55.0 Å². The molecule has 0 aromatic heterocycles. The number of sulfonamides is 1. The van der Waals surface area contributed by atoms with Gasteiger partial charge in [0.1, 0.15) is 6.54 Å². The van der Waals surface area contributed by atoms with Crippen molar-refractivity contribution in [3.05, 3.63) is 59.7 Å². The van der Waals surface area contributed by atoms with Gasteiger partial charge < -0.3 is 5.32 Å². The van der Waals surface area contributed by atoms with Crippen LogP contribution in [0.3, 0.4) is 0 Å². The van der Waals surface area contributed by atoms with Gasteiger partial charge in [-0.2, -0.15) is 4.31 Å². The Bertz CT molecular complexity index is 1100. The Labute approximate surface area is 180 Å². The monoisotopic (exact) mass is 441 g/mol. The number of nitrogens with one attached hydrogen (secondary N) is 1. The molecule has 3 amide bonds. The number of rotatable bonds is 5. The smallest absolute Gasteiger partial charge is 0.262 e. The molecule has 162 valence electrons. The average molecular weight is 442 g/mol. The van der Waals surface area contributed by atoms with Crippen molar-refractivity contribution in [2.24, 2.45) is 0 Å². The summed E-state index contributed by atoms with van der Waals surface area (Å²) in [7, 11) is -3.66. The Morgan fingerprint density at radius 3 is 2.10 bits per heavy atom. The summed E-state index contributed by atoms with van der Waals surface area (Å²) in [5, 5.41) is 2.60. The van der Waals surface area contributed by atoms with Gasteiger partial charge in [-0.3, -0.25) is 19.3 Å². The van der Waals surface area contributed by atoms with Crippen molar-refractivity contribution < 1.29 is 22.8 Å². The highest BCUT2D eigenvalue weighted by Crippen LogP contribution is 2.24. The highest BCUT2D eigenvalue weighted by Gasteiger charge is 2.36. The third-order valence-electron chi connectivity index (χ3n) is 5.50. The molecule has 0 atom stereocenters. The van der Waals surface area contributed by atoms with Crippen LogP contribution in [0.5, 0.6) is 0 Å². The second-order valence-electron chi connectivity index (χ2n) is 7.64. The number of amides is 3. The molecule has 1 N–H and O–H groups in total. The van der Waals surface area contributed by atoms with Crippen LogP contribution < -0.4 is 5.32 Å². The van der Waals surface area contributed by atoms with Crippen LogP contribution in [0.4, 0.5) is 5.69 Å². The van der Waals surface area contributed by atoms with E-state index in [9.17, 15) is 22.8 Å². The summed E-state index contributed by atoms with van der Waals surface area (Å²) in [6.45, 7) is 0.521. The number of hydrogen-bond acceptors (Lipinski definition) is 5. The lowest BCUT2D eigenvalue weighted by Gasteiger charge is -2.20. The first-order valence-corrected chi connectivity index (χ1v) is 11.7. The first-order valence-electron chi connectivity index (χ1n) is 10.2. The number of carbonyl (C=O) groups excluding carboxylic acids is 3. The Morgan fingerprint density at radius 2 is 1.48 bits per heavy atom. The molecule has 0 unspecified atom stereocenters. The van der Waals surface area contributed by atoms with Gasteiger partial charge in [0.25, 0.3) is 11.8 Å². The molecule has 2 aliphatic heterocycles. The van der Waals surface area contributed by atoms with Crippen LogP contribution in [-0.2, 0) is 14.8 Å². The molecule has 2 aromatic carbocycles. The van der Waals surface area contributed by atoms with Crippen molar-refractivity contribution in [1.82, 2.24) is 9.21 Å². The van der Waals surface area contributed by atoms with Gasteiger partial charge in [0.15, 0.2) is 0 Å². The van der Waals surface area contributed by atoms with Crippen LogP contribution in [0, 0.1) is 0 Å². The molecular weight excluding hydrogens is 418 g/mol. The summed E-state index contributed by atoms with van der Waals surface area (Å²) in [6, 6.07) is 12.4. The fourth-order valence-electron chi connectivity index (χ4n) is 3.89. The summed E-state index contributed by atoms with van der Waals surface area (Å²) in [5.74, 6) is -1.62. The zero-order valence-corrected chi connectivity index (χ0v) is 17.7. The number of carbonyl (C=O) groups is 3. The van der Waals surface area contributed by atoms with Crippen molar-refractivity contribution in [3.63, 3.8) is 0 Å². The van der Waals surface area contributed by atoms with E-state index < -0.39 is 34.3 Å². The summed E-state index contributed by atoms with van der Waals surface area (Å²) in [5.41, 5.74) is 0.828. The number of nitrogens with zero attached hydrogens (tertiary/aromatic N) is 2. The average Bonchev–Trinajstić information content (AvgIpc) is 2.96. The molecule has 0 bridgehead atoms. The topological polar surface area (TPSA) is 104 Å². The first-order chi connectivity index (χ1) is 14.9. The van der Waals surface area contributed by atoms with Gasteiger partial charge >= 0.3 is 0 Å². The predicted octanol–water partition coefficient (Wildman–Crippen LogP) is 2.49. The zero-order chi connectivity index (χ0) is 22.0. The van der Waals surface area contributed by atoms with E-state index in [2.05, 4.69) is 5.32 Å². The van der Waals surface area contributed by atoms with E-state index in [1.807, 2.05) is 0 Å². The van der Waals surface area contributed by atoms with Crippen molar-refractivity contribution in [3.8, 4) is 0 Å². The van der Waals surface area contributed by atoms with E-state index in [1.165, 1.54) is 16.4 Å². The third kappa shape index (κ3) is 4.24. The van der Waals surface area contributed by atoms with E-state index in [0.717, 1.165) is 30.6 Å². The summed E-state index contributed by atoms with van der Waals surface area (Å²) < 4.78 is 27.5. The second kappa shape index (κ2) is 8.60. The van der Waals surface area contributed by atoms with E-state index >= 15 is 0 Å². The highest BCUT2D eigenvalue weighted by molar-refractivity contribution is 7.89. The lowest BCUT2D eigenvalue weighted by Crippen LogP contribution is -2.37. The maximum atomic E-state index is 13.0. The van der Waals surface area contributed by atoms with Gasteiger partial charge in [-0.1, -0.05) is 31.0 Å². The lowest BCUT2D eigenvalue weighted by molar-refractivity contribution is -0.116. The van der Waals surface area contributed by atoms with Gasteiger partial charge in [0.05, 0.1) is 16.0 Å². The van der Waals surface area contributed by atoms with Gasteiger partial charge in [-0.05, 0) is 43.2 Å². The van der Waals surface area contributed by atoms with Crippen molar-refractivity contribution in [1.29, 1.82) is 0 Å². The van der Waals surface area contributed by atoms with Gasteiger partial charge in [-0.25, -0.2) is 8.42 Å². The zero-order valence-electron chi connectivity index (χ0n) is 16.9. The Kier molecular flexibility index (Phi) is 5.88. The Hall–Kier alpha value is -3.04. The predicted molar refractivity (Wildman–Crippen MR) is 114 cm³/mol. The van der Waals surface area contributed by atoms with E-state index in [1.54, 1.807) is 36.4 Å². The number of hydrogen-bond donors (Lipinski definition) is 1. The Balaban J connectivity index is 1.46. The minimum atomic E-state index is -3.66. The lowest BCUT2D eigenvalue weighted by atomic mass is 10.1. The molecule has 2 aliphatic rings. The molecule has 2 aromatic rings. The molecule has 1 fully saturated rings. The minimum Gasteiger partial charge on any atom is -0.324 e. The van der Waals surface area contributed by atoms with Crippen LogP contribution >= 0.6 is 0 Å². The van der Waals surface area contributed by atoms with Crippen LogP contribution in [0.25, 0.3) is 0 Å². The van der Waals surface area contributed by atoms with Gasteiger partial charge in [0.2, 0.25) is 15.9 Å². The van der Waals surface area contributed by atoms with Gasteiger partial charge in [0, 0.05) is 18.8 Å². The molecule has 31 heavy (non-hydrogen) atoms. The fourth-order valence-corrected chi connectivity index (χ4v) is 5.46. The van der Waals surface area contributed by atoms with Crippen LogP contribution in [0.1, 0.15) is 46.4 Å². The van der Waals surface area contributed by atoms with E-state index in [4.69, 9.17) is 0 Å². The largest absolute Gasteiger partial charge is 0.324 e. The molecule has 2 heterocycles. The number of benzene rings is 2. The Morgan fingerprint density at radius 1 is 0.871 bits per heavy atom. The van der Waals surface area contributed by atoms with E-state index in [-0.39, 0.29) is 21.7 Å². The molecule has 9 heteroatoms. The highest BCUT2D eigenvalue weighted by atomic mass is 32.2. The maximum absolute atomic E-state index is 13.0. The normalized spacial score (nSPS) is 17.4.